The van der Waals surface area contributed by atoms with Gasteiger partial charge in [0.2, 0.25) is 5.89 Å². The van der Waals surface area contributed by atoms with E-state index in [-0.39, 0.29) is 6.61 Å². The quantitative estimate of drug-likeness (QED) is 0.742. The summed E-state index contributed by atoms with van der Waals surface area (Å²) in [5, 5.41) is 21.6. The number of aliphatic hydroxyl groups is 2. The molecule has 92 valence electrons. The predicted molar refractivity (Wildman–Crippen MR) is 62.1 cm³/mol. The molecular weight excluding hydrogens is 228 g/mol. The zero-order valence-electron chi connectivity index (χ0n) is 9.59. The molecule has 1 rings (SSSR count). The molecule has 0 aliphatic carbocycles. The van der Waals surface area contributed by atoms with Crippen LogP contribution in [-0.4, -0.2) is 38.8 Å². The second kappa shape index (κ2) is 6.88. The van der Waals surface area contributed by atoms with Crippen molar-refractivity contribution in [1.29, 1.82) is 0 Å². The number of rotatable bonds is 7. The Bertz CT molecular complexity index is 304. The third-order valence-electron chi connectivity index (χ3n) is 1.85. The normalized spacial score (nSPS) is 13.3. The van der Waals surface area contributed by atoms with E-state index in [2.05, 4.69) is 24.0 Å². The first kappa shape index (κ1) is 13.5. The fourth-order valence-corrected chi connectivity index (χ4v) is 1.92. The Morgan fingerprint density at radius 3 is 2.81 bits per heavy atom. The SMILES string of the molecule is CC(C)Cc1nc(CSCC(O)CO)no1. The van der Waals surface area contributed by atoms with Crippen molar-refractivity contribution >= 4 is 11.8 Å². The van der Waals surface area contributed by atoms with Crippen LogP contribution in [0.3, 0.4) is 0 Å². The van der Waals surface area contributed by atoms with Gasteiger partial charge in [0.25, 0.3) is 0 Å². The number of nitrogens with zero attached hydrogens (tertiary/aromatic N) is 2. The molecule has 1 atom stereocenters. The topological polar surface area (TPSA) is 79.4 Å². The van der Waals surface area contributed by atoms with Gasteiger partial charge < -0.3 is 14.7 Å². The Balaban J connectivity index is 2.29. The Morgan fingerprint density at radius 1 is 1.44 bits per heavy atom. The highest BCUT2D eigenvalue weighted by Crippen LogP contribution is 2.12. The molecule has 0 aliphatic rings. The van der Waals surface area contributed by atoms with Crippen molar-refractivity contribution in [3.8, 4) is 0 Å². The molecule has 0 aromatic carbocycles. The predicted octanol–water partition coefficient (Wildman–Crippen LogP) is 0.854. The van der Waals surface area contributed by atoms with Gasteiger partial charge in [-0.15, -0.1) is 0 Å². The van der Waals surface area contributed by atoms with Crippen LogP contribution in [0.25, 0.3) is 0 Å². The molecule has 5 nitrogen and oxygen atoms in total. The number of aliphatic hydroxyl groups excluding tert-OH is 2. The molecular formula is C10H18N2O3S. The smallest absolute Gasteiger partial charge is 0.226 e. The lowest BCUT2D eigenvalue weighted by Crippen LogP contribution is -2.14. The highest BCUT2D eigenvalue weighted by Gasteiger charge is 2.09. The summed E-state index contributed by atoms with van der Waals surface area (Å²) in [6, 6.07) is 0. The molecule has 0 radical (unpaired) electrons. The molecule has 0 amide bonds. The molecule has 1 heterocycles. The maximum absolute atomic E-state index is 9.13. The maximum Gasteiger partial charge on any atom is 0.226 e. The highest BCUT2D eigenvalue weighted by atomic mass is 32.2. The van der Waals surface area contributed by atoms with Gasteiger partial charge in [-0.05, 0) is 5.92 Å². The van der Waals surface area contributed by atoms with Crippen molar-refractivity contribution in [3.63, 3.8) is 0 Å². The van der Waals surface area contributed by atoms with Crippen molar-refractivity contribution in [2.24, 2.45) is 5.92 Å². The summed E-state index contributed by atoms with van der Waals surface area (Å²) < 4.78 is 5.07. The lowest BCUT2D eigenvalue weighted by atomic mass is 10.1. The summed E-state index contributed by atoms with van der Waals surface area (Å²) in [6.45, 7) is 3.98. The molecule has 0 fully saturated rings. The third kappa shape index (κ3) is 4.96. The van der Waals surface area contributed by atoms with Crippen molar-refractivity contribution in [1.82, 2.24) is 10.1 Å². The summed E-state index contributed by atoms with van der Waals surface area (Å²) in [7, 11) is 0. The van der Waals surface area contributed by atoms with Crippen molar-refractivity contribution in [2.45, 2.75) is 32.1 Å². The number of thioether (sulfide) groups is 1. The fraction of sp³-hybridized carbons (Fsp3) is 0.800. The molecule has 6 heteroatoms. The van der Waals surface area contributed by atoms with Gasteiger partial charge in [-0.1, -0.05) is 19.0 Å². The second-order valence-electron chi connectivity index (χ2n) is 4.05. The summed E-state index contributed by atoms with van der Waals surface area (Å²) in [6.07, 6.45) is 0.115. The van der Waals surface area contributed by atoms with Crippen LogP contribution >= 0.6 is 11.8 Å². The maximum atomic E-state index is 9.13. The van der Waals surface area contributed by atoms with Gasteiger partial charge in [-0.3, -0.25) is 0 Å². The largest absolute Gasteiger partial charge is 0.394 e. The fourth-order valence-electron chi connectivity index (χ4n) is 1.12. The Hall–Kier alpha value is -0.590. The molecule has 1 unspecified atom stereocenters. The molecule has 0 bridgehead atoms. The highest BCUT2D eigenvalue weighted by molar-refractivity contribution is 7.98. The zero-order valence-corrected chi connectivity index (χ0v) is 10.4. The standard InChI is InChI=1S/C10H18N2O3S/c1-7(2)3-10-11-9(12-15-10)6-16-5-8(14)4-13/h7-8,13-14H,3-6H2,1-2H3. The molecule has 0 saturated heterocycles. The van der Waals surface area contributed by atoms with Crippen LogP contribution in [0.2, 0.25) is 0 Å². The van der Waals surface area contributed by atoms with Crippen LogP contribution in [0.1, 0.15) is 25.6 Å². The minimum absolute atomic E-state index is 0.210. The monoisotopic (exact) mass is 246 g/mol. The van der Waals surface area contributed by atoms with Crippen molar-refractivity contribution < 1.29 is 14.7 Å². The average molecular weight is 246 g/mol. The lowest BCUT2D eigenvalue weighted by molar-refractivity contribution is 0.113. The van der Waals surface area contributed by atoms with E-state index < -0.39 is 6.10 Å². The van der Waals surface area contributed by atoms with Gasteiger partial charge in [-0.2, -0.15) is 16.7 Å². The minimum Gasteiger partial charge on any atom is -0.394 e. The first-order valence-electron chi connectivity index (χ1n) is 5.30. The van der Waals surface area contributed by atoms with Crippen LogP contribution in [0.4, 0.5) is 0 Å². The van der Waals surface area contributed by atoms with Gasteiger partial charge in [0.1, 0.15) is 0 Å². The van der Waals surface area contributed by atoms with Crippen LogP contribution in [-0.2, 0) is 12.2 Å². The molecule has 2 N–H and O–H groups in total. The number of aromatic nitrogens is 2. The van der Waals surface area contributed by atoms with Gasteiger partial charge in [-0.25, -0.2) is 0 Å². The molecule has 0 saturated carbocycles. The Kier molecular flexibility index (Phi) is 5.79. The van der Waals surface area contributed by atoms with Gasteiger partial charge in [0, 0.05) is 12.2 Å². The summed E-state index contributed by atoms with van der Waals surface area (Å²) in [4.78, 5) is 4.23. The van der Waals surface area contributed by atoms with E-state index in [1.807, 2.05) is 0 Å². The Morgan fingerprint density at radius 2 is 2.19 bits per heavy atom. The van der Waals surface area contributed by atoms with E-state index in [1.165, 1.54) is 11.8 Å². The van der Waals surface area contributed by atoms with E-state index in [4.69, 9.17) is 14.7 Å². The average Bonchev–Trinajstić information content (AvgIpc) is 2.64. The summed E-state index contributed by atoms with van der Waals surface area (Å²) in [5.41, 5.74) is 0. The molecule has 1 aromatic rings. The summed E-state index contributed by atoms with van der Waals surface area (Å²) >= 11 is 1.48. The molecule has 0 spiro atoms. The van der Waals surface area contributed by atoms with Gasteiger partial charge in [0.05, 0.1) is 18.5 Å². The zero-order chi connectivity index (χ0) is 12.0. The summed E-state index contributed by atoms with van der Waals surface area (Å²) in [5.74, 6) is 2.87. The van der Waals surface area contributed by atoms with Crippen molar-refractivity contribution in [2.75, 3.05) is 12.4 Å². The van der Waals surface area contributed by atoms with Crippen LogP contribution < -0.4 is 0 Å². The van der Waals surface area contributed by atoms with Gasteiger partial charge in [0.15, 0.2) is 5.82 Å². The van der Waals surface area contributed by atoms with E-state index in [1.54, 1.807) is 0 Å². The number of hydrogen-bond donors (Lipinski definition) is 2. The second-order valence-corrected chi connectivity index (χ2v) is 5.08. The molecule has 0 aliphatic heterocycles. The minimum atomic E-state index is -0.674. The Labute approximate surface area is 99.2 Å². The first-order valence-corrected chi connectivity index (χ1v) is 6.45. The van der Waals surface area contributed by atoms with Crippen LogP contribution in [0, 0.1) is 5.92 Å². The third-order valence-corrected chi connectivity index (χ3v) is 2.93. The first-order chi connectivity index (χ1) is 7.61. The van der Waals surface area contributed by atoms with E-state index in [0.29, 0.717) is 29.1 Å². The van der Waals surface area contributed by atoms with Crippen LogP contribution in [0.5, 0.6) is 0 Å². The van der Waals surface area contributed by atoms with E-state index >= 15 is 0 Å². The molecule has 1 aromatic heterocycles. The van der Waals surface area contributed by atoms with Crippen molar-refractivity contribution in [3.05, 3.63) is 11.7 Å². The number of hydrogen-bond acceptors (Lipinski definition) is 6. The lowest BCUT2D eigenvalue weighted by Gasteiger charge is -2.03. The van der Waals surface area contributed by atoms with E-state index in [9.17, 15) is 0 Å². The van der Waals surface area contributed by atoms with Gasteiger partial charge >= 0.3 is 0 Å². The van der Waals surface area contributed by atoms with E-state index in [0.717, 1.165) is 6.42 Å². The van der Waals surface area contributed by atoms with Crippen LogP contribution in [0.15, 0.2) is 4.52 Å². The molecule has 16 heavy (non-hydrogen) atoms.